The van der Waals surface area contributed by atoms with Crippen molar-refractivity contribution in [1.82, 2.24) is 14.8 Å². The predicted octanol–water partition coefficient (Wildman–Crippen LogP) is 2.94. The maximum absolute atomic E-state index is 12.6. The number of rotatable bonds is 4. The summed E-state index contributed by atoms with van der Waals surface area (Å²) in [5.41, 5.74) is -0.594. The third-order valence-electron chi connectivity index (χ3n) is 2.83. The maximum Gasteiger partial charge on any atom is 0.435 e. The molecule has 1 atom stereocenters. The second-order valence-electron chi connectivity index (χ2n) is 4.58. The minimum Gasteiger partial charge on any atom is -0.302 e. The smallest absolute Gasteiger partial charge is 0.302 e. The summed E-state index contributed by atoms with van der Waals surface area (Å²) in [5, 5.41) is 8.28. The fourth-order valence-electron chi connectivity index (χ4n) is 1.69. The predicted molar refractivity (Wildman–Crippen MR) is 71.9 cm³/mol. The number of aryl methyl sites for hydroxylation is 1. The van der Waals surface area contributed by atoms with Gasteiger partial charge >= 0.3 is 6.18 Å². The lowest BCUT2D eigenvalue weighted by Gasteiger charge is -2.12. The van der Waals surface area contributed by atoms with Gasteiger partial charge < -0.3 is 5.32 Å². The minimum atomic E-state index is -4.48. The topological polar surface area (TPSA) is 59.8 Å². The lowest BCUT2D eigenvalue weighted by molar-refractivity contribution is -0.141. The number of hydrogen-bond acceptors (Lipinski definition) is 4. The highest BCUT2D eigenvalue weighted by molar-refractivity contribution is 7.13. The van der Waals surface area contributed by atoms with Crippen molar-refractivity contribution in [3.8, 4) is 0 Å². The molecule has 2 aromatic rings. The van der Waals surface area contributed by atoms with E-state index in [9.17, 15) is 18.0 Å². The number of aromatic nitrogens is 3. The van der Waals surface area contributed by atoms with Crippen molar-refractivity contribution < 1.29 is 18.0 Å². The van der Waals surface area contributed by atoms with Crippen LogP contribution in [0.4, 0.5) is 18.3 Å². The van der Waals surface area contributed by atoms with Crippen molar-refractivity contribution in [3.63, 3.8) is 0 Å². The summed E-state index contributed by atoms with van der Waals surface area (Å²) in [6.07, 6.45) is -2.93. The number of nitrogens with one attached hydrogen (secondary N) is 1. The molecular formula is C12H13F3N4OS. The lowest BCUT2D eigenvalue weighted by atomic mass is 10.1. The number of hydrogen-bond donors (Lipinski definition) is 1. The summed E-state index contributed by atoms with van der Waals surface area (Å²) in [4.78, 5) is 15.8. The molecule has 2 heterocycles. The Morgan fingerprint density at radius 3 is 2.76 bits per heavy atom. The standard InChI is InChI=1S/C12H13F3N4OS/c1-7(10(20)17-11-16-3-4-21-11)6-19-8(2)5-9(18-19)12(13,14)15/h3-5,7H,6H2,1-2H3,(H,16,17,20)/t7-/m0/s1. The van der Waals surface area contributed by atoms with E-state index in [4.69, 9.17) is 0 Å². The van der Waals surface area contributed by atoms with Gasteiger partial charge in [-0.3, -0.25) is 9.48 Å². The average molecular weight is 318 g/mol. The van der Waals surface area contributed by atoms with E-state index in [1.807, 2.05) is 0 Å². The highest BCUT2D eigenvalue weighted by atomic mass is 32.1. The van der Waals surface area contributed by atoms with Crippen LogP contribution in [0, 0.1) is 12.8 Å². The third kappa shape index (κ3) is 3.81. The highest BCUT2D eigenvalue weighted by Gasteiger charge is 2.34. The molecule has 5 nitrogen and oxygen atoms in total. The molecule has 2 rings (SSSR count). The Hall–Kier alpha value is -1.90. The van der Waals surface area contributed by atoms with Crippen LogP contribution in [0.5, 0.6) is 0 Å². The summed E-state index contributed by atoms with van der Waals surface area (Å²) >= 11 is 1.27. The van der Waals surface area contributed by atoms with Crippen molar-refractivity contribution in [2.24, 2.45) is 5.92 Å². The fourth-order valence-corrected chi connectivity index (χ4v) is 2.22. The van der Waals surface area contributed by atoms with Crippen LogP contribution in [-0.2, 0) is 17.5 Å². The Morgan fingerprint density at radius 1 is 1.52 bits per heavy atom. The number of halogens is 3. The molecule has 2 aromatic heterocycles. The Bertz CT molecular complexity index is 621. The van der Waals surface area contributed by atoms with Gasteiger partial charge in [-0.25, -0.2) is 4.98 Å². The molecular weight excluding hydrogens is 305 g/mol. The molecule has 0 bridgehead atoms. The van der Waals surface area contributed by atoms with Gasteiger partial charge in [0, 0.05) is 17.3 Å². The molecule has 0 radical (unpaired) electrons. The van der Waals surface area contributed by atoms with Crippen molar-refractivity contribution in [3.05, 3.63) is 29.0 Å². The summed E-state index contributed by atoms with van der Waals surface area (Å²) < 4.78 is 38.9. The van der Waals surface area contributed by atoms with Gasteiger partial charge in [-0.2, -0.15) is 18.3 Å². The Labute approximate surface area is 122 Å². The van der Waals surface area contributed by atoms with E-state index < -0.39 is 17.8 Å². The van der Waals surface area contributed by atoms with E-state index in [1.54, 1.807) is 18.5 Å². The second-order valence-corrected chi connectivity index (χ2v) is 5.47. The van der Waals surface area contributed by atoms with Crippen LogP contribution in [0.25, 0.3) is 0 Å². The summed E-state index contributed by atoms with van der Waals surface area (Å²) in [5.74, 6) is -0.845. The van der Waals surface area contributed by atoms with Gasteiger partial charge in [0.1, 0.15) is 0 Å². The number of amides is 1. The minimum absolute atomic E-state index is 0.0686. The summed E-state index contributed by atoms with van der Waals surface area (Å²) in [7, 11) is 0. The van der Waals surface area contributed by atoms with Crippen LogP contribution in [0.15, 0.2) is 17.6 Å². The number of alkyl halides is 3. The molecule has 21 heavy (non-hydrogen) atoms. The molecule has 0 saturated heterocycles. The Kier molecular flexibility index (Phi) is 4.31. The van der Waals surface area contributed by atoms with Crippen molar-refractivity contribution >= 4 is 22.4 Å². The van der Waals surface area contributed by atoms with Gasteiger partial charge in [0.15, 0.2) is 10.8 Å². The van der Waals surface area contributed by atoms with Crippen LogP contribution in [0.3, 0.4) is 0 Å². The Morgan fingerprint density at radius 2 is 2.24 bits per heavy atom. The van der Waals surface area contributed by atoms with Crippen LogP contribution in [-0.4, -0.2) is 20.7 Å². The number of thiazole rings is 1. The number of anilines is 1. The first-order valence-corrected chi connectivity index (χ1v) is 6.97. The van der Waals surface area contributed by atoms with Gasteiger partial charge in [-0.1, -0.05) is 6.92 Å². The molecule has 0 unspecified atom stereocenters. The van der Waals surface area contributed by atoms with E-state index in [0.29, 0.717) is 10.8 Å². The van der Waals surface area contributed by atoms with Gasteiger partial charge in [-0.05, 0) is 13.0 Å². The number of nitrogens with zero attached hydrogens (tertiary/aromatic N) is 3. The molecule has 0 aliphatic carbocycles. The third-order valence-corrected chi connectivity index (χ3v) is 3.52. The molecule has 0 fully saturated rings. The van der Waals surface area contributed by atoms with Gasteiger partial charge in [0.05, 0.1) is 12.5 Å². The fraction of sp³-hybridized carbons (Fsp3) is 0.417. The van der Waals surface area contributed by atoms with E-state index in [2.05, 4.69) is 15.4 Å². The van der Waals surface area contributed by atoms with Gasteiger partial charge in [-0.15, -0.1) is 11.3 Å². The van der Waals surface area contributed by atoms with E-state index >= 15 is 0 Å². The molecule has 0 aliphatic rings. The van der Waals surface area contributed by atoms with E-state index in [0.717, 1.165) is 6.07 Å². The Balaban J connectivity index is 2.04. The van der Waals surface area contributed by atoms with E-state index in [1.165, 1.54) is 22.9 Å². The molecule has 1 amide bonds. The zero-order valence-electron chi connectivity index (χ0n) is 11.3. The van der Waals surface area contributed by atoms with Gasteiger partial charge in [0.2, 0.25) is 5.91 Å². The normalized spacial score (nSPS) is 13.2. The van der Waals surface area contributed by atoms with Crippen molar-refractivity contribution in [2.75, 3.05) is 5.32 Å². The first-order chi connectivity index (χ1) is 9.77. The first-order valence-electron chi connectivity index (χ1n) is 6.09. The monoisotopic (exact) mass is 318 g/mol. The van der Waals surface area contributed by atoms with Crippen LogP contribution < -0.4 is 5.32 Å². The molecule has 0 spiro atoms. The molecule has 0 saturated carbocycles. The molecule has 9 heteroatoms. The van der Waals surface area contributed by atoms with E-state index in [-0.39, 0.29) is 12.5 Å². The highest BCUT2D eigenvalue weighted by Crippen LogP contribution is 2.28. The molecule has 0 aromatic carbocycles. The molecule has 114 valence electrons. The molecule has 1 N–H and O–H groups in total. The number of carbonyl (C=O) groups is 1. The number of carbonyl (C=O) groups excluding carboxylic acids is 1. The van der Waals surface area contributed by atoms with Crippen LogP contribution in [0.2, 0.25) is 0 Å². The lowest BCUT2D eigenvalue weighted by Crippen LogP contribution is -2.25. The maximum atomic E-state index is 12.6. The zero-order chi connectivity index (χ0) is 15.6. The quantitative estimate of drug-likeness (QED) is 0.943. The SMILES string of the molecule is Cc1cc(C(F)(F)F)nn1C[C@H](C)C(=O)Nc1nccs1. The van der Waals surface area contributed by atoms with Crippen molar-refractivity contribution in [2.45, 2.75) is 26.6 Å². The zero-order valence-corrected chi connectivity index (χ0v) is 12.1. The first kappa shape index (κ1) is 15.5. The van der Waals surface area contributed by atoms with Crippen LogP contribution >= 0.6 is 11.3 Å². The van der Waals surface area contributed by atoms with Crippen LogP contribution in [0.1, 0.15) is 18.3 Å². The second kappa shape index (κ2) is 5.84. The summed E-state index contributed by atoms with van der Waals surface area (Å²) in [6.45, 7) is 3.21. The largest absolute Gasteiger partial charge is 0.435 e. The van der Waals surface area contributed by atoms with Gasteiger partial charge in [0.25, 0.3) is 0 Å². The summed E-state index contributed by atoms with van der Waals surface area (Å²) in [6, 6.07) is 0.964. The molecule has 0 aliphatic heterocycles. The average Bonchev–Trinajstić information content (AvgIpc) is 2.99. The van der Waals surface area contributed by atoms with Crippen molar-refractivity contribution in [1.29, 1.82) is 0 Å².